The second-order valence-electron chi connectivity index (χ2n) is 23.6. The van der Waals surface area contributed by atoms with E-state index in [-0.39, 0.29) is 43.4 Å². The number of aromatic nitrogens is 3. The van der Waals surface area contributed by atoms with Crippen molar-refractivity contribution < 1.29 is 46.2 Å². The molecule has 10 rings (SSSR count). The molecule has 21 heteroatoms. The van der Waals surface area contributed by atoms with Gasteiger partial charge in [-0.25, -0.2) is 18.7 Å². The number of amides is 3. The van der Waals surface area contributed by atoms with Crippen LogP contribution in [0.3, 0.4) is 0 Å². The van der Waals surface area contributed by atoms with E-state index in [1.807, 2.05) is 81.7 Å². The molecule has 6 aromatic rings. The first-order chi connectivity index (χ1) is 39.2. The molecular weight excluding hydrogens is 1080 g/mol. The number of nitrogens with zero attached hydrogens (tertiary/aromatic N) is 6. The third kappa shape index (κ3) is 13.2. The molecule has 6 heterocycles. The molecule has 4 aliphatic rings. The Morgan fingerprint density at radius 1 is 0.841 bits per heavy atom. The van der Waals surface area contributed by atoms with Gasteiger partial charge >= 0.3 is 6.18 Å². The summed E-state index contributed by atoms with van der Waals surface area (Å²) in [5.41, 5.74) is 5.23. The van der Waals surface area contributed by atoms with Crippen molar-refractivity contribution in [2.75, 3.05) is 69.1 Å². The molecule has 0 radical (unpaired) electrons. The molecule has 3 aromatic heterocycles. The van der Waals surface area contributed by atoms with Gasteiger partial charge in [-0.2, -0.15) is 13.2 Å². The van der Waals surface area contributed by atoms with Gasteiger partial charge < -0.3 is 35.8 Å². The highest BCUT2D eigenvalue weighted by Crippen LogP contribution is 2.39. The number of likely N-dealkylation sites (tertiary alicyclic amines) is 2. The number of piperazine rings is 1. The average molecular weight is 1150 g/mol. The minimum atomic E-state index is -4.68. The maximum atomic E-state index is 16.0. The van der Waals surface area contributed by atoms with E-state index in [0.717, 1.165) is 104 Å². The standard InChI is InChI=1S/C61H71F5N10O5S/c1-36-54(82-35-70-36)40-11-9-37(10-12-40)29-69-58(80)49-28-44(77)33-76(49)59(81)56(60(2,3)4)72-50(78)34-73-21-19-38(20-22-73)32-74-23-25-75(26-24-74)43-15-13-39(14-16-43)42-27-45-46(31-68-57(45)67-30-42)53(79)51-47(62)17-18-48(52(51)63)71-55(61(64,65)66)41-7-5-6-8-41/h9-18,27,30-31,35,38,41,44,49,55-56,71,77H,5-8,19-26,28-29,32-34H2,1-4H3,(H,67,68)(H,69,80)(H,72,78)/t44-,49+,55?,56-/m1/s1. The molecule has 3 saturated heterocycles. The Balaban J connectivity index is 0.681. The van der Waals surface area contributed by atoms with Gasteiger partial charge in [0.1, 0.15) is 29.6 Å². The van der Waals surface area contributed by atoms with Crippen molar-refractivity contribution in [2.45, 2.75) is 110 Å². The zero-order chi connectivity index (χ0) is 58.0. The van der Waals surface area contributed by atoms with Gasteiger partial charge in [0.2, 0.25) is 23.5 Å². The number of aromatic amines is 1. The molecule has 3 amide bonds. The van der Waals surface area contributed by atoms with E-state index in [1.54, 1.807) is 23.6 Å². The Hall–Kier alpha value is -6.81. The van der Waals surface area contributed by atoms with Crippen molar-refractivity contribution in [1.29, 1.82) is 0 Å². The van der Waals surface area contributed by atoms with Crippen molar-refractivity contribution in [3.8, 4) is 21.6 Å². The maximum absolute atomic E-state index is 16.0. The average Bonchev–Trinajstić information content (AvgIpc) is 4.31. The summed E-state index contributed by atoms with van der Waals surface area (Å²) in [6.07, 6.45) is 1.27. The maximum Gasteiger partial charge on any atom is 0.408 e. The molecule has 82 heavy (non-hydrogen) atoms. The zero-order valence-corrected chi connectivity index (χ0v) is 47.4. The highest BCUT2D eigenvalue weighted by Gasteiger charge is 2.47. The third-order valence-electron chi connectivity index (χ3n) is 16.9. The fraction of sp³-hybridized carbons (Fsp3) is 0.475. The number of aliphatic hydroxyl groups is 1. The number of carbonyl (C=O) groups is 4. The minimum Gasteiger partial charge on any atom is -0.391 e. The number of H-pyrrole nitrogens is 1. The highest BCUT2D eigenvalue weighted by atomic mass is 32.1. The summed E-state index contributed by atoms with van der Waals surface area (Å²) in [5, 5.41) is 19.2. The van der Waals surface area contributed by atoms with Crippen LogP contribution in [0.25, 0.3) is 32.6 Å². The quantitative estimate of drug-likeness (QED) is 0.0434. The van der Waals surface area contributed by atoms with Crippen LogP contribution in [-0.2, 0) is 20.9 Å². The van der Waals surface area contributed by atoms with E-state index in [4.69, 9.17) is 0 Å². The van der Waals surface area contributed by atoms with Gasteiger partial charge in [-0.15, -0.1) is 11.3 Å². The van der Waals surface area contributed by atoms with E-state index in [0.29, 0.717) is 48.2 Å². The van der Waals surface area contributed by atoms with Crippen molar-refractivity contribution in [3.05, 3.63) is 119 Å². The number of nitrogens with one attached hydrogen (secondary N) is 4. The summed E-state index contributed by atoms with van der Waals surface area (Å²) in [6, 6.07) is 15.4. The van der Waals surface area contributed by atoms with E-state index < -0.39 is 76.3 Å². The molecule has 4 atom stereocenters. The number of aryl methyl sites for hydroxylation is 1. The van der Waals surface area contributed by atoms with Crippen molar-refractivity contribution in [3.63, 3.8) is 0 Å². The Morgan fingerprint density at radius 2 is 1.54 bits per heavy atom. The molecule has 1 unspecified atom stereocenters. The van der Waals surface area contributed by atoms with Crippen LogP contribution in [0.2, 0.25) is 0 Å². The number of carbonyl (C=O) groups excluding carboxylic acids is 4. The monoisotopic (exact) mass is 1150 g/mol. The van der Waals surface area contributed by atoms with Crippen LogP contribution in [0.15, 0.2) is 84.6 Å². The molecule has 436 valence electrons. The molecule has 5 N–H and O–H groups in total. The molecule has 3 aliphatic heterocycles. The number of piperidine rings is 1. The number of thiazole rings is 1. The lowest BCUT2D eigenvalue weighted by Gasteiger charge is -2.40. The number of hydrogen-bond acceptors (Lipinski definition) is 12. The Labute approximate surface area is 478 Å². The number of anilines is 2. The summed E-state index contributed by atoms with van der Waals surface area (Å²) in [7, 11) is 0. The van der Waals surface area contributed by atoms with E-state index in [9.17, 15) is 37.5 Å². The number of rotatable bonds is 17. The lowest BCUT2D eigenvalue weighted by Crippen LogP contribution is -2.59. The first-order valence-electron chi connectivity index (χ1n) is 28.4. The van der Waals surface area contributed by atoms with E-state index in [2.05, 4.69) is 45.6 Å². The molecule has 4 fully saturated rings. The topological polar surface area (TPSA) is 179 Å². The molecule has 0 bridgehead atoms. The first kappa shape index (κ1) is 58.4. The van der Waals surface area contributed by atoms with Crippen molar-refractivity contribution in [2.24, 2.45) is 17.3 Å². The van der Waals surface area contributed by atoms with Gasteiger partial charge in [0.15, 0.2) is 5.82 Å². The third-order valence-corrected chi connectivity index (χ3v) is 17.8. The van der Waals surface area contributed by atoms with Crippen LogP contribution in [0.5, 0.6) is 0 Å². The van der Waals surface area contributed by atoms with Crippen LogP contribution in [0, 0.1) is 35.8 Å². The number of pyridine rings is 1. The van der Waals surface area contributed by atoms with Gasteiger partial charge in [0.05, 0.1) is 40.0 Å². The minimum absolute atomic E-state index is 0.00182. The Kier molecular flexibility index (Phi) is 17.5. The van der Waals surface area contributed by atoms with Gasteiger partial charge in [0, 0.05) is 86.8 Å². The van der Waals surface area contributed by atoms with Crippen LogP contribution in [0.1, 0.15) is 92.9 Å². The van der Waals surface area contributed by atoms with Crippen LogP contribution in [-0.4, -0.2) is 148 Å². The molecule has 3 aromatic carbocycles. The number of ketones is 1. The summed E-state index contributed by atoms with van der Waals surface area (Å²) in [4.78, 5) is 76.5. The molecular formula is C61H71F5N10O5S. The lowest BCUT2D eigenvalue weighted by atomic mass is 9.85. The van der Waals surface area contributed by atoms with E-state index in [1.165, 1.54) is 11.1 Å². The smallest absolute Gasteiger partial charge is 0.391 e. The van der Waals surface area contributed by atoms with Crippen molar-refractivity contribution in [1.82, 2.24) is 40.3 Å². The fourth-order valence-electron chi connectivity index (χ4n) is 12.2. The SMILES string of the molecule is Cc1ncsc1-c1ccc(CNC(=O)[C@@H]2C[C@@H](O)CN2C(=O)[C@@H](NC(=O)CN2CCC(CN3CCN(c4ccc(-c5cnc6[nH]cc(C(=O)c7c(F)ccc(NC(C8CCCC8)C(F)(F)F)c7F)c6c5)cc4)CC3)CC2)C(C)(C)C)cc1. The second-order valence-corrected chi connectivity index (χ2v) is 24.5. The summed E-state index contributed by atoms with van der Waals surface area (Å²) >= 11 is 1.57. The summed E-state index contributed by atoms with van der Waals surface area (Å²) in [5.74, 6) is -4.90. The van der Waals surface area contributed by atoms with Gasteiger partial charge in [0.25, 0.3) is 0 Å². The molecule has 15 nitrogen and oxygen atoms in total. The van der Waals surface area contributed by atoms with Crippen molar-refractivity contribution >= 4 is 57.2 Å². The molecule has 1 aliphatic carbocycles. The Bertz CT molecular complexity index is 3250. The van der Waals surface area contributed by atoms with Crippen LogP contribution < -0.4 is 20.9 Å². The normalized spacial score (nSPS) is 19.6. The van der Waals surface area contributed by atoms with Crippen LogP contribution in [0.4, 0.5) is 33.3 Å². The summed E-state index contributed by atoms with van der Waals surface area (Å²) < 4.78 is 73.6. The van der Waals surface area contributed by atoms with Gasteiger partial charge in [-0.05, 0) is 110 Å². The number of β-amino-alcohol motifs (C(OH)–C–C–N with tert-alkyl or cyclic N) is 1. The fourth-order valence-corrected chi connectivity index (χ4v) is 13.0. The molecule has 0 spiro atoms. The first-order valence-corrected chi connectivity index (χ1v) is 29.2. The summed E-state index contributed by atoms with van der Waals surface area (Å²) in [6.45, 7) is 13.8. The number of fused-ring (bicyclic) bond motifs is 1. The Morgan fingerprint density at radius 3 is 2.20 bits per heavy atom. The number of halogens is 5. The number of benzene rings is 3. The van der Waals surface area contributed by atoms with E-state index >= 15 is 8.78 Å². The highest BCUT2D eigenvalue weighted by molar-refractivity contribution is 7.13. The lowest BCUT2D eigenvalue weighted by molar-refractivity contribution is -0.153. The number of hydrogen-bond donors (Lipinski definition) is 5. The largest absolute Gasteiger partial charge is 0.408 e. The predicted molar refractivity (Wildman–Crippen MR) is 306 cm³/mol. The zero-order valence-electron chi connectivity index (χ0n) is 46.6. The number of aliphatic hydroxyl groups excluding tert-OH is 1. The second kappa shape index (κ2) is 24.6. The van der Waals surface area contributed by atoms with Crippen LogP contribution >= 0.6 is 11.3 Å². The van der Waals surface area contributed by atoms with Gasteiger partial charge in [-0.1, -0.05) is 70.0 Å². The number of alkyl halides is 3. The van der Waals surface area contributed by atoms with Gasteiger partial charge in [-0.3, -0.25) is 29.0 Å². The predicted octanol–water partition coefficient (Wildman–Crippen LogP) is 9.35. The molecule has 1 saturated carbocycles.